The molecular weight excluding hydrogens is 204 g/mol. The second kappa shape index (κ2) is 5.86. The van der Waals surface area contributed by atoms with Crippen LogP contribution in [0.1, 0.15) is 18.7 Å². The lowest BCUT2D eigenvalue weighted by Crippen LogP contribution is -2.32. The number of rotatable bonds is 6. The van der Waals surface area contributed by atoms with E-state index in [9.17, 15) is 0 Å². The summed E-state index contributed by atoms with van der Waals surface area (Å²) in [5.41, 5.74) is 1.10. The van der Waals surface area contributed by atoms with Crippen molar-refractivity contribution in [2.75, 3.05) is 34.3 Å². The third-order valence-electron chi connectivity index (χ3n) is 2.50. The number of ether oxygens (including phenoxy) is 1. The number of nitrogens with one attached hydrogen (secondary N) is 1. The standard InChI is InChI=1S/C11H22N4O/c1-6-12-9(8-14(2)3)11-10(16-5)7-13-15(11)4/h7,9,12H,6,8H2,1-5H3. The summed E-state index contributed by atoms with van der Waals surface area (Å²) in [7, 11) is 7.75. The molecule has 92 valence electrons. The number of aromatic nitrogens is 2. The Kier molecular flexibility index (Phi) is 4.76. The zero-order valence-corrected chi connectivity index (χ0v) is 10.8. The first-order valence-corrected chi connectivity index (χ1v) is 5.54. The van der Waals surface area contributed by atoms with Crippen molar-refractivity contribution in [2.24, 2.45) is 7.05 Å². The average Bonchev–Trinajstić information content (AvgIpc) is 2.58. The molecule has 0 saturated carbocycles. The maximum absolute atomic E-state index is 5.33. The Morgan fingerprint density at radius 2 is 2.25 bits per heavy atom. The number of hydrogen-bond acceptors (Lipinski definition) is 4. The fourth-order valence-electron chi connectivity index (χ4n) is 1.84. The van der Waals surface area contributed by atoms with E-state index >= 15 is 0 Å². The summed E-state index contributed by atoms with van der Waals surface area (Å²) in [6.45, 7) is 3.95. The molecule has 1 atom stereocenters. The lowest BCUT2D eigenvalue weighted by Gasteiger charge is -2.22. The smallest absolute Gasteiger partial charge is 0.161 e. The Bertz CT molecular complexity index is 322. The molecule has 0 fully saturated rings. The minimum Gasteiger partial charge on any atom is -0.493 e. The van der Waals surface area contributed by atoms with Gasteiger partial charge < -0.3 is 15.0 Å². The summed E-state index contributed by atoms with van der Waals surface area (Å²) in [5, 5.41) is 7.68. The zero-order valence-electron chi connectivity index (χ0n) is 10.8. The molecule has 0 aliphatic heterocycles. The van der Waals surface area contributed by atoms with Crippen LogP contribution in [0.5, 0.6) is 5.75 Å². The minimum atomic E-state index is 0.238. The van der Waals surface area contributed by atoms with E-state index in [1.807, 2.05) is 11.7 Å². The normalized spacial score (nSPS) is 13.1. The number of nitrogens with zero attached hydrogens (tertiary/aromatic N) is 3. The minimum absolute atomic E-state index is 0.238. The molecule has 1 rings (SSSR count). The van der Waals surface area contributed by atoms with Crippen molar-refractivity contribution in [3.05, 3.63) is 11.9 Å². The molecule has 0 aliphatic rings. The van der Waals surface area contributed by atoms with Crippen molar-refractivity contribution >= 4 is 0 Å². The molecule has 16 heavy (non-hydrogen) atoms. The van der Waals surface area contributed by atoms with E-state index in [1.54, 1.807) is 13.3 Å². The van der Waals surface area contributed by atoms with Crippen LogP contribution in [0, 0.1) is 0 Å². The molecule has 1 heterocycles. The second-order valence-electron chi connectivity index (χ2n) is 4.09. The topological polar surface area (TPSA) is 42.3 Å². The van der Waals surface area contributed by atoms with Gasteiger partial charge in [-0.15, -0.1) is 0 Å². The number of hydrogen-bond donors (Lipinski definition) is 1. The number of aryl methyl sites for hydroxylation is 1. The Hall–Kier alpha value is -1.07. The highest BCUT2D eigenvalue weighted by atomic mass is 16.5. The molecule has 1 aromatic heterocycles. The monoisotopic (exact) mass is 226 g/mol. The summed E-state index contributed by atoms with van der Waals surface area (Å²) < 4.78 is 7.20. The van der Waals surface area contributed by atoms with Gasteiger partial charge in [-0.25, -0.2) is 0 Å². The van der Waals surface area contributed by atoms with Crippen LogP contribution in [0.25, 0.3) is 0 Å². The van der Waals surface area contributed by atoms with Crippen molar-refractivity contribution in [1.82, 2.24) is 20.0 Å². The van der Waals surface area contributed by atoms with Gasteiger partial charge in [0.05, 0.1) is 25.0 Å². The van der Waals surface area contributed by atoms with Gasteiger partial charge in [-0.3, -0.25) is 4.68 Å². The highest BCUT2D eigenvalue weighted by Crippen LogP contribution is 2.24. The number of methoxy groups -OCH3 is 1. The lowest BCUT2D eigenvalue weighted by atomic mass is 10.2. The van der Waals surface area contributed by atoms with Crippen LogP contribution >= 0.6 is 0 Å². The molecule has 1 unspecified atom stereocenters. The van der Waals surface area contributed by atoms with Crippen molar-refractivity contribution < 1.29 is 4.74 Å². The van der Waals surface area contributed by atoms with Crippen molar-refractivity contribution in [1.29, 1.82) is 0 Å². The van der Waals surface area contributed by atoms with Crippen LogP contribution in [0.15, 0.2) is 6.20 Å². The third-order valence-corrected chi connectivity index (χ3v) is 2.50. The molecule has 1 N–H and O–H groups in total. The quantitative estimate of drug-likeness (QED) is 0.773. The first-order chi connectivity index (χ1) is 7.60. The Morgan fingerprint density at radius 3 is 2.75 bits per heavy atom. The van der Waals surface area contributed by atoms with E-state index in [2.05, 4.69) is 36.3 Å². The molecule has 1 aromatic rings. The molecule has 0 amide bonds. The largest absolute Gasteiger partial charge is 0.493 e. The van der Waals surface area contributed by atoms with Gasteiger partial charge in [0.2, 0.25) is 0 Å². The zero-order chi connectivity index (χ0) is 12.1. The highest BCUT2D eigenvalue weighted by Gasteiger charge is 2.20. The van der Waals surface area contributed by atoms with E-state index < -0.39 is 0 Å². The van der Waals surface area contributed by atoms with Crippen molar-refractivity contribution in [3.63, 3.8) is 0 Å². The number of likely N-dealkylation sites (N-methyl/N-ethyl adjacent to an activating group) is 2. The van der Waals surface area contributed by atoms with Crippen LogP contribution in [0.2, 0.25) is 0 Å². The summed E-state index contributed by atoms with van der Waals surface area (Å²) in [6.07, 6.45) is 1.76. The molecule has 0 aromatic carbocycles. The second-order valence-corrected chi connectivity index (χ2v) is 4.09. The van der Waals surface area contributed by atoms with Crippen LogP contribution in [-0.4, -0.2) is 49.0 Å². The van der Waals surface area contributed by atoms with E-state index in [1.165, 1.54) is 0 Å². The fraction of sp³-hybridized carbons (Fsp3) is 0.727. The van der Waals surface area contributed by atoms with Gasteiger partial charge in [0.25, 0.3) is 0 Å². The van der Waals surface area contributed by atoms with Gasteiger partial charge in [0, 0.05) is 13.6 Å². The summed E-state index contributed by atoms with van der Waals surface area (Å²) in [6, 6.07) is 0.238. The fourth-order valence-corrected chi connectivity index (χ4v) is 1.84. The van der Waals surface area contributed by atoms with Gasteiger partial charge >= 0.3 is 0 Å². The average molecular weight is 226 g/mol. The molecule has 0 aliphatic carbocycles. The molecule has 0 radical (unpaired) electrons. The molecule has 0 spiro atoms. The van der Waals surface area contributed by atoms with E-state index in [4.69, 9.17) is 4.74 Å². The third kappa shape index (κ3) is 2.96. The van der Waals surface area contributed by atoms with E-state index in [0.717, 1.165) is 24.5 Å². The Morgan fingerprint density at radius 1 is 1.56 bits per heavy atom. The van der Waals surface area contributed by atoms with Crippen LogP contribution in [-0.2, 0) is 7.05 Å². The Labute approximate surface area is 97.4 Å². The Balaban J connectivity index is 2.94. The maximum Gasteiger partial charge on any atom is 0.161 e. The summed E-state index contributed by atoms with van der Waals surface area (Å²) in [4.78, 5) is 2.15. The van der Waals surface area contributed by atoms with Crippen LogP contribution in [0.4, 0.5) is 0 Å². The first kappa shape index (κ1) is 13.0. The molecule has 5 nitrogen and oxygen atoms in total. The SMILES string of the molecule is CCNC(CN(C)C)c1c(OC)cnn1C. The molecular formula is C11H22N4O. The summed E-state index contributed by atoms with van der Waals surface area (Å²) >= 11 is 0. The molecule has 0 bridgehead atoms. The lowest BCUT2D eigenvalue weighted by molar-refractivity contribution is 0.324. The van der Waals surface area contributed by atoms with Crippen LogP contribution in [0.3, 0.4) is 0 Å². The predicted octanol–water partition coefficient (Wildman–Crippen LogP) is 0.641. The summed E-state index contributed by atoms with van der Waals surface area (Å²) in [5.74, 6) is 0.843. The van der Waals surface area contributed by atoms with Gasteiger partial charge in [-0.05, 0) is 20.6 Å². The van der Waals surface area contributed by atoms with Crippen molar-refractivity contribution in [2.45, 2.75) is 13.0 Å². The van der Waals surface area contributed by atoms with Crippen molar-refractivity contribution in [3.8, 4) is 5.75 Å². The van der Waals surface area contributed by atoms with Gasteiger partial charge in [-0.2, -0.15) is 5.10 Å². The van der Waals surface area contributed by atoms with Gasteiger partial charge in [0.1, 0.15) is 0 Å². The predicted molar refractivity (Wildman–Crippen MR) is 64.7 cm³/mol. The molecule has 5 heteroatoms. The maximum atomic E-state index is 5.33. The van der Waals surface area contributed by atoms with E-state index in [-0.39, 0.29) is 6.04 Å². The van der Waals surface area contributed by atoms with E-state index in [0.29, 0.717) is 0 Å². The van der Waals surface area contributed by atoms with Gasteiger partial charge in [0.15, 0.2) is 5.75 Å². The first-order valence-electron chi connectivity index (χ1n) is 5.54. The highest BCUT2D eigenvalue weighted by molar-refractivity contribution is 5.28. The van der Waals surface area contributed by atoms with Crippen LogP contribution < -0.4 is 10.1 Å². The molecule has 0 saturated heterocycles. The van der Waals surface area contributed by atoms with Gasteiger partial charge in [-0.1, -0.05) is 6.92 Å².